The van der Waals surface area contributed by atoms with Crippen molar-refractivity contribution >= 4 is 17.8 Å². The summed E-state index contributed by atoms with van der Waals surface area (Å²) in [4.78, 5) is 39.0. The van der Waals surface area contributed by atoms with Gasteiger partial charge in [0.05, 0.1) is 13.1 Å². The lowest BCUT2D eigenvalue weighted by Gasteiger charge is -2.33. The summed E-state index contributed by atoms with van der Waals surface area (Å²) in [5.41, 5.74) is 0. The monoisotopic (exact) mass is 325 g/mol. The number of rotatable bonds is 7. The highest BCUT2D eigenvalue weighted by Gasteiger charge is 2.25. The van der Waals surface area contributed by atoms with Crippen molar-refractivity contribution in [2.75, 3.05) is 45.8 Å². The first-order valence-electron chi connectivity index (χ1n) is 8.38. The predicted molar refractivity (Wildman–Crippen MR) is 85.9 cm³/mol. The van der Waals surface area contributed by atoms with Crippen LogP contribution in [0.1, 0.15) is 26.2 Å². The maximum atomic E-state index is 11.8. The molecule has 0 aromatic heterocycles. The molecule has 0 unspecified atom stereocenters. The van der Waals surface area contributed by atoms with Gasteiger partial charge < -0.3 is 10.6 Å². The van der Waals surface area contributed by atoms with Gasteiger partial charge in [-0.1, -0.05) is 6.92 Å². The number of nitrogens with one attached hydrogen (secondary N) is 3. The van der Waals surface area contributed by atoms with E-state index in [1.54, 1.807) is 0 Å². The van der Waals surface area contributed by atoms with Crippen LogP contribution in [0, 0.1) is 0 Å². The van der Waals surface area contributed by atoms with Crippen LogP contribution in [0.15, 0.2) is 0 Å². The van der Waals surface area contributed by atoms with Crippen LogP contribution in [0.5, 0.6) is 0 Å². The lowest BCUT2D eigenvalue weighted by atomic mass is 10.3. The fourth-order valence-corrected chi connectivity index (χ4v) is 2.46. The number of amides is 4. The van der Waals surface area contributed by atoms with Gasteiger partial charge in [-0.3, -0.25) is 24.7 Å². The molecule has 0 spiro atoms. The Morgan fingerprint density at radius 1 is 0.957 bits per heavy atom. The highest BCUT2D eigenvalue weighted by molar-refractivity contribution is 5.95. The van der Waals surface area contributed by atoms with Gasteiger partial charge in [0.25, 0.3) is 0 Å². The summed E-state index contributed by atoms with van der Waals surface area (Å²) >= 11 is 0. The fourth-order valence-electron chi connectivity index (χ4n) is 2.46. The molecule has 0 radical (unpaired) electrons. The van der Waals surface area contributed by atoms with Gasteiger partial charge in [-0.15, -0.1) is 0 Å². The molecule has 130 valence electrons. The minimum Gasteiger partial charge on any atom is -0.352 e. The van der Waals surface area contributed by atoms with Gasteiger partial charge in [-0.05, 0) is 19.3 Å². The highest BCUT2D eigenvalue weighted by atomic mass is 16.2. The van der Waals surface area contributed by atoms with E-state index in [0.717, 1.165) is 45.4 Å². The van der Waals surface area contributed by atoms with Crippen molar-refractivity contribution in [3.05, 3.63) is 0 Å². The Morgan fingerprint density at radius 3 is 2.04 bits per heavy atom. The minimum atomic E-state index is -0.438. The van der Waals surface area contributed by atoms with Crippen LogP contribution in [0.2, 0.25) is 0 Å². The van der Waals surface area contributed by atoms with Crippen molar-refractivity contribution in [3.63, 3.8) is 0 Å². The minimum absolute atomic E-state index is 0.0892. The first-order valence-corrected chi connectivity index (χ1v) is 8.38. The number of carbonyl (C=O) groups is 3. The van der Waals surface area contributed by atoms with Crippen LogP contribution in [-0.4, -0.2) is 79.5 Å². The molecule has 23 heavy (non-hydrogen) atoms. The Hall–Kier alpha value is -1.67. The van der Waals surface area contributed by atoms with Crippen LogP contribution in [0.4, 0.5) is 4.79 Å². The summed E-state index contributed by atoms with van der Waals surface area (Å²) in [7, 11) is 0. The van der Waals surface area contributed by atoms with Crippen molar-refractivity contribution in [1.82, 2.24) is 25.8 Å². The molecule has 0 atom stereocenters. The Labute approximate surface area is 136 Å². The molecule has 1 saturated heterocycles. The van der Waals surface area contributed by atoms with E-state index in [0.29, 0.717) is 19.1 Å². The van der Waals surface area contributed by atoms with E-state index < -0.39 is 6.03 Å². The molecule has 0 aromatic rings. The molecule has 0 aromatic carbocycles. The second-order valence-electron chi connectivity index (χ2n) is 6.20. The summed E-state index contributed by atoms with van der Waals surface area (Å²) in [6, 6.07) is -0.0430. The second-order valence-corrected chi connectivity index (χ2v) is 6.20. The Kier molecular flexibility index (Phi) is 6.79. The van der Waals surface area contributed by atoms with E-state index in [2.05, 4.69) is 20.9 Å². The topological polar surface area (TPSA) is 93.8 Å². The van der Waals surface area contributed by atoms with Gasteiger partial charge in [0.2, 0.25) is 11.8 Å². The molecule has 8 nitrogen and oxygen atoms in total. The van der Waals surface area contributed by atoms with E-state index in [1.165, 1.54) is 0 Å². The lowest BCUT2D eigenvalue weighted by Crippen LogP contribution is -2.52. The third kappa shape index (κ3) is 6.96. The predicted octanol–water partition coefficient (Wildman–Crippen LogP) is -0.882. The van der Waals surface area contributed by atoms with E-state index in [1.807, 2.05) is 11.8 Å². The van der Waals surface area contributed by atoms with Crippen LogP contribution < -0.4 is 16.0 Å². The van der Waals surface area contributed by atoms with Gasteiger partial charge in [-0.25, -0.2) is 4.79 Å². The zero-order valence-electron chi connectivity index (χ0n) is 13.8. The number of piperazine rings is 1. The standard InChI is InChI=1S/C15H27N5O3/c1-2-5-16-15(23)18-14(22)11-20-8-6-19(7-9-20)10-13(21)17-12-3-4-12/h12H,2-11H2,1H3,(H,17,21)(H2,16,18,22,23). The molecule has 0 bridgehead atoms. The van der Waals surface area contributed by atoms with E-state index in [4.69, 9.17) is 0 Å². The van der Waals surface area contributed by atoms with Crippen LogP contribution in [0.25, 0.3) is 0 Å². The molecule has 2 fully saturated rings. The molecule has 4 amide bonds. The van der Waals surface area contributed by atoms with Crippen molar-refractivity contribution < 1.29 is 14.4 Å². The average molecular weight is 325 g/mol. The molecule has 2 rings (SSSR count). The molecule has 8 heteroatoms. The molecule has 2 aliphatic rings. The van der Waals surface area contributed by atoms with Gasteiger partial charge in [-0.2, -0.15) is 0 Å². The van der Waals surface area contributed by atoms with Gasteiger partial charge >= 0.3 is 6.03 Å². The Balaban J connectivity index is 1.59. The summed E-state index contributed by atoms with van der Waals surface area (Å²) in [6.45, 7) is 6.10. The first kappa shape index (κ1) is 17.7. The SMILES string of the molecule is CCCNC(=O)NC(=O)CN1CCN(CC(=O)NC2CC2)CC1. The van der Waals surface area contributed by atoms with Crippen LogP contribution >= 0.6 is 0 Å². The third-order valence-electron chi connectivity index (χ3n) is 3.93. The Morgan fingerprint density at radius 2 is 1.52 bits per heavy atom. The number of imide groups is 1. The number of nitrogens with zero attached hydrogens (tertiary/aromatic N) is 2. The summed E-state index contributed by atoms with van der Waals surface area (Å²) in [5.74, 6) is -0.204. The van der Waals surface area contributed by atoms with Crippen LogP contribution in [-0.2, 0) is 9.59 Å². The van der Waals surface area contributed by atoms with Crippen molar-refractivity contribution in [2.24, 2.45) is 0 Å². The summed E-state index contributed by atoms with van der Waals surface area (Å²) < 4.78 is 0. The quantitative estimate of drug-likeness (QED) is 0.565. The molecule has 1 saturated carbocycles. The smallest absolute Gasteiger partial charge is 0.321 e. The maximum Gasteiger partial charge on any atom is 0.321 e. The van der Waals surface area contributed by atoms with E-state index >= 15 is 0 Å². The van der Waals surface area contributed by atoms with Gasteiger partial charge in [0.15, 0.2) is 0 Å². The average Bonchev–Trinajstić information content (AvgIpc) is 3.31. The van der Waals surface area contributed by atoms with Crippen LogP contribution in [0.3, 0.4) is 0 Å². The maximum absolute atomic E-state index is 11.8. The summed E-state index contributed by atoms with van der Waals surface area (Å²) in [5, 5.41) is 7.91. The zero-order chi connectivity index (χ0) is 16.7. The fraction of sp³-hybridized carbons (Fsp3) is 0.800. The Bertz CT molecular complexity index is 431. The first-order chi connectivity index (χ1) is 11.1. The van der Waals surface area contributed by atoms with E-state index in [9.17, 15) is 14.4 Å². The molecular formula is C15H27N5O3. The lowest BCUT2D eigenvalue weighted by molar-refractivity contribution is -0.124. The molecule has 1 heterocycles. The molecule has 1 aliphatic heterocycles. The number of urea groups is 1. The van der Waals surface area contributed by atoms with Crippen molar-refractivity contribution in [3.8, 4) is 0 Å². The highest BCUT2D eigenvalue weighted by Crippen LogP contribution is 2.18. The molecule has 3 N–H and O–H groups in total. The number of carbonyl (C=O) groups excluding carboxylic acids is 3. The number of hydrogen-bond donors (Lipinski definition) is 3. The molecule has 1 aliphatic carbocycles. The zero-order valence-corrected chi connectivity index (χ0v) is 13.8. The molecular weight excluding hydrogens is 298 g/mol. The normalized spacial score (nSPS) is 19.2. The van der Waals surface area contributed by atoms with Crippen molar-refractivity contribution in [2.45, 2.75) is 32.2 Å². The largest absolute Gasteiger partial charge is 0.352 e. The van der Waals surface area contributed by atoms with E-state index in [-0.39, 0.29) is 18.4 Å². The van der Waals surface area contributed by atoms with Gasteiger partial charge in [0.1, 0.15) is 0 Å². The second kappa shape index (κ2) is 8.83. The van der Waals surface area contributed by atoms with Crippen molar-refractivity contribution in [1.29, 1.82) is 0 Å². The number of hydrogen-bond acceptors (Lipinski definition) is 5. The third-order valence-corrected chi connectivity index (χ3v) is 3.93. The van der Waals surface area contributed by atoms with Gasteiger partial charge in [0, 0.05) is 38.8 Å². The summed E-state index contributed by atoms with van der Waals surface area (Å²) in [6.07, 6.45) is 3.03.